The minimum atomic E-state index is -0.240. The number of morpholine rings is 1. The fourth-order valence-corrected chi connectivity index (χ4v) is 3.46. The van der Waals surface area contributed by atoms with Gasteiger partial charge < -0.3 is 20.5 Å². The Kier molecular flexibility index (Phi) is 5.38. The summed E-state index contributed by atoms with van der Waals surface area (Å²) < 4.78 is 5.75. The molecule has 1 aromatic carbocycles. The molecule has 0 saturated carbocycles. The number of carbonyl (C=O) groups excluding carboxylic acids is 1. The third kappa shape index (κ3) is 4.14. The van der Waals surface area contributed by atoms with Crippen molar-refractivity contribution >= 4 is 23.3 Å². The largest absolute Gasteiger partial charge is 0.396 e. The van der Waals surface area contributed by atoms with Gasteiger partial charge in [-0.15, -0.1) is 0 Å². The maximum Gasteiger partial charge on any atom is 0.319 e. The van der Waals surface area contributed by atoms with E-state index in [9.17, 15) is 4.79 Å². The molecule has 3 N–H and O–H groups in total. The molecule has 2 fully saturated rings. The highest BCUT2D eigenvalue weighted by atomic mass is 35.5. The van der Waals surface area contributed by atoms with Gasteiger partial charge in [-0.1, -0.05) is 23.7 Å². The summed E-state index contributed by atoms with van der Waals surface area (Å²) in [4.78, 5) is 14.5. The van der Waals surface area contributed by atoms with E-state index in [1.54, 1.807) is 12.1 Å². The second-order valence-corrected chi connectivity index (χ2v) is 6.49. The lowest BCUT2D eigenvalue weighted by Gasteiger charge is -2.34. The Morgan fingerprint density at radius 3 is 3.00 bits per heavy atom. The number of rotatable bonds is 4. The highest BCUT2D eigenvalue weighted by Gasteiger charge is 2.37. The summed E-state index contributed by atoms with van der Waals surface area (Å²) in [6.07, 6.45) is 1.63. The van der Waals surface area contributed by atoms with Gasteiger partial charge in [-0.2, -0.15) is 0 Å². The monoisotopic (exact) mass is 339 g/mol. The molecule has 3 rings (SSSR count). The molecule has 2 heterocycles. The average molecular weight is 340 g/mol. The summed E-state index contributed by atoms with van der Waals surface area (Å²) >= 11 is 6.04. The van der Waals surface area contributed by atoms with Crippen LogP contribution in [0.4, 0.5) is 10.5 Å². The zero-order valence-electron chi connectivity index (χ0n) is 12.9. The number of fused-ring (bicyclic) bond motifs is 1. The first-order valence-electron chi connectivity index (χ1n) is 7.94. The van der Waals surface area contributed by atoms with Crippen molar-refractivity contribution in [2.75, 3.05) is 31.6 Å². The van der Waals surface area contributed by atoms with Gasteiger partial charge in [-0.05, 0) is 25.0 Å². The van der Waals surface area contributed by atoms with E-state index in [0.29, 0.717) is 29.8 Å². The van der Waals surface area contributed by atoms with Gasteiger partial charge in [0.25, 0.3) is 0 Å². The lowest BCUT2D eigenvalue weighted by Crippen LogP contribution is -2.46. The number of aliphatic hydroxyl groups is 1. The van der Waals surface area contributed by atoms with Crippen molar-refractivity contribution in [3.05, 3.63) is 29.3 Å². The van der Waals surface area contributed by atoms with E-state index in [0.717, 1.165) is 19.5 Å². The first-order chi connectivity index (χ1) is 11.2. The van der Waals surface area contributed by atoms with Crippen molar-refractivity contribution in [3.63, 3.8) is 0 Å². The average Bonchev–Trinajstić information content (AvgIpc) is 2.91. The highest BCUT2D eigenvalue weighted by molar-refractivity contribution is 6.33. The number of nitrogens with zero attached hydrogens (tertiary/aromatic N) is 1. The number of nitrogens with one attached hydrogen (secondary N) is 2. The van der Waals surface area contributed by atoms with E-state index in [4.69, 9.17) is 21.4 Å². The van der Waals surface area contributed by atoms with Crippen LogP contribution in [0.5, 0.6) is 0 Å². The van der Waals surface area contributed by atoms with Crippen LogP contribution in [0.3, 0.4) is 0 Å². The van der Waals surface area contributed by atoms with Crippen LogP contribution in [-0.4, -0.2) is 60.5 Å². The molecule has 0 unspecified atom stereocenters. The van der Waals surface area contributed by atoms with Crippen LogP contribution in [-0.2, 0) is 4.74 Å². The number of urea groups is 1. The van der Waals surface area contributed by atoms with Crippen molar-refractivity contribution in [2.24, 2.45) is 0 Å². The molecule has 0 spiro atoms. The minimum Gasteiger partial charge on any atom is -0.396 e. The second-order valence-electron chi connectivity index (χ2n) is 6.09. The molecule has 2 aliphatic rings. The first kappa shape index (κ1) is 16.5. The van der Waals surface area contributed by atoms with Gasteiger partial charge in [0.05, 0.1) is 23.4 Å². The quantitative estimate of drug-likeness (QED) is 0.780. The second kappa shape index (κ2) is 7.49. The van der Waals surface area contributed by atoms with E-state index in [1.807, 2.05) is 12.1 Å². The normalized spacial score (nSPS) is 27.5. The van der Waals surface area contributed by atoms with E-state index >= 15 is 0 Å². The summed E-state index contributed by atoms with van der Waals surface area (Å²) in [6, 6.07) is 7.36. The Labute approximate surface area is 140 Å². The third-order valence-electron chi connectivity index (χ3n) is 4.40. The predicted molar refractivity (Wildman–Crippen MR) is 88.8 cm³/mol. The number of carbonyl (C=O) groups is 1. The van der Waals surface area contributed by atoms with Gasteiger partial charge in [0, 0.05) is 31.8 Å². The minimum absolute atomic E-state index is 0.0898. The molecule has 2 aliphatic heterocycles. The van der Waals surface area contributed by atoms with Crippen molar-refractivity contribution in [3.8, 4) is 0 Å². The molecular formula is C16H22ClN3O3. The number of halogens is 1. The number of hydrogen-bond donors (Lipinski definition) is 3. The zero-order chi connectivity index (χ0) is 16.2. The molecule has 0 bridgehead atoms. The molecule has 0 radical (unpaired) electrons. The zero-order valence-corrected chi connectivity index (χ0v) is 13.6. The van der Waals surface area contributed by atoms with E-state index in [2.05, 4.69) is 15.5 Å². The van der Waals surface area contributed by atoms with E-state index in [-0.39, 0.29) is 24.8 Å². The summed E-state index contributed by atoms with van der Waals surface area (Å²) in [7, 11) is 0. The first-order valence-corrected chi connectivity index (χ1v) is 8.32. The van der Waals surface area contributed by atoms with Gasteiger partial charge in [-0.25, -0.2) is 4.79 Å². The van der Waals surface area contributed by atoms with E-state index < -0.39 is 0 Å². The standard InChI is InChI=1S/C16H22ClN3O3/c17-14-3-1-2-4-15(14)19-16(22)18-11-7-12-10-23-13(5-6-21)9-20(12)8-11/h1-4,11-13,21H,5-10H2,(H2,18,19,22)/t11-,12-,13-/m0/s1. The molecule has 6 nitrogen and oxygen atoms in total. The van der Waals surface area contributed by atoms with Gasteiger partial charge >= 0.3 is 6.03 Å². The lowest BCUT2D eigenvalue weighted by atomic mass is 10.1. The molecule has 0 aliphatic carbocycles. The highest BCUT2D eigenvalue weighted by Crippen LogP contribution is 2.25. The summed E-state index contributed by atoms with van der Waals surface area (Å²) in [5, 5.41) is 15.3. The van der Waals surface area contributed by atoms with Crippen molar-refractivity contribution in [1.82, 2.24) is 10.2 Å². The van der Waals surface area contributed by atoms with Gasteiger partial charge in [0.15, 0.2) is 0 Å². The number of anilines is 1. The maximum atomic E-state index is 12.1. The Morgan fingerprint density at radius 1 is 1.39 bits per heavy atom. The van der Waals surface area contributed by atoms with E-state index in [1.165, 1.54) is 0 Å². The molecule has 7 heteroatoms. The molecule has 3 atom stereocenters. The fourth-order valence-electron chi connectivity index (χ4n) is 3.27. The smallest absolute Gasteiger partial charge is 0.319 e. The molecular weight excluding hydrogens is 318 g/mol. The third-order valence-corrected chi connectivity index (χ3v) is 4.73. The molecule has 23 heavy (non-hydrogen) atoms. The molecule has 2 amide bonds. The summed E-state index contributed by atoms with van der Waals surface area (Å²) in [5.41, 5.74) is 0.605. The van der Waals surface area contributed by atoms with Crippen LogP contribution in [0.2, 0.25) is 5.02 Å². The Balaban J connectivity index is 1.50. The van der Waals surface area contributed by atoms with Crippen LogP contribution >= 0.6 is 11.6 Å². The summed E-state index contributed by atoms with van der Waals surface area (Å²) in [5.74, 6) is 0. The topological polar surface area (TPSA) is 73.8 Å². The SMILES string of the molecule is O=C(Nc1ccccc1Cl)N[C@H]1C[C@H]2CO[C@@H](CCO)CN2C1. The Morgan fingerprint density at radius 2 is 2.22 bits per heavy atom. The Hall–Kier alpha value is -1.34. The number of amides is 2. The fraction of sp³-hybridized carbons (Fsp3) is 0.562. The van der Waals surface area contributed by atoms with Crippen LogP contribution in [0.25, 0.3) is 0 Å². The van der Waals surface area contributed by atoms with Crippen molar-refractivity contribution in [1.29, 1.82) is 0 Å². The van der Waals surface area contributed by atoms with Crippen molar-refractivity contribution < 1.29 is 14.6 Å². The number of ether oxygens (including phenoxy) is 1. The molecule has 0 aromatic heterocycles. The van der Waals surface area contributed by atoms with Crippen LogP contribution in [0, 0.1) is 0 Å². The van der Waals surface area contributed by atoms with Gasteiger partial charge in [-0.3, -0.25) is 4.90 Å². The molecule has 126 valence electrons. The Bertz CT molecular complexity index is 557. The number of benzene rings is 1. The van der Waals surface area contributed by atoms with Crippen LogP contribution in [0.1, 0.15) is 12.8 Å². The van der Waals surface area contributed by atoms with Crippen LogP contribution < -0.4 is 10.6 Å². The predicted octanol–water partition coefficient (Wildman–Crippen LogP) is 1.69. The molecule has 2 saturated heterocycles. The maximum absolute atomic E-state index is 12.1. The number of aliphatic hydroxyl groups excluding tert-OH is 1. The van der Waals surface area contributed by atoms with Crippen LogP contribution in [0.15, 0.2) is 24.3 Å². The van der Waals surface area contributed by atoms with Gasteiger partial charge in [0.2, 0.25) is 0 Å². The molecule has 1 aromatic rings. The summed E-state index contributed by atoms with van der Waals surface area (Å²) in [6.45, 7) is 2.43. The number of para-hydroxylation sites is 1. The lowest BCUT2D eigenvalue weighted by molar-refractivity contribution is -0.0566. The van der Waals surface area contributed by atoms with Gasteiger partial charge in [0.1, 0.15) is 0 Å². The number of hydrogen-bond acceptors (Lipinski definition) is 4. The van der Waals surface area contributed by atoms with Crippen molar-refractivity contribution in [2.45, 2.75) is 31.0 Å².